The molecule has 66 valence electrons. The molecule has 0 aromatic heterocycles. The van der Waals surface area contributed by atoms with Crippen molar-refractivity contribution in [3.8, 4) is 0 Å². The summed E-state index contributed by atoms with van der Waals surface area (Å²) in [6.07, 6.45) is 1.06. The second kappa shape index (κ2) is 6.43. The summed E-state index contributed by atoms with van der Waals surface area (Å²) in [5.74, 6) is 0.231. The Morgan fingerprint density at radius 3 is 2.73 bits per heavy atom. The Morgan fingerprint density at radius 1 is 1.73 bits per heavy atom. The molecule has 0 fully saturated rings. The van der Waals surface area contributed by atoms with E-state index < -0.39 is 0 Å². The van der Waals surface area contributed by atoms with Crippen LogP contribution >= 0.6 is 11.6 Å². The second-order valence-corrected chi connectivity index (χ2v) is 2.67. The molecule has 2 N–H and O–H groups in total. The van der Waals surface area contributed by atoms with Crippen molar-refractivity contribution in [2.24, 2.45) is 0 Å². The Hall–Kier alpha value is -0.280. The lowest BCUT2D eigenvalue weighted by molar-refractivity contribution is -0.121. The van der Waals surface area contributed by atoms with Crippen molar-refractivity contribution in [1.29, 1.82) is 0 Å². The topological polar surface area (TPSA) is 49.3 Å². The summed E-state index contributed by atoms with van der Waals surface area (Å²) in [4.78, 5) is 10.9. The number of amides is 1. The number of hydrogen-bond donors (Lipinski definition) is 2. The SMILES string of the molecule is CC[C@H](CO)NC(=O)CCCl. The normalized spacial score (nSPS) is 12.6. The smallest absolute Gasteiger partial charge is 0.221 e. The molecule has 0 aromatic rings. The van der Waals surface area contributed by atoms with Gasteiger partial charge in [-0.3, -0.25) is 4.79 Å². The predicted molar refractivity (Wildman–Crippen MR) is 44.6 cm³/mol. The van der Waals surface area contributed by atoms with Crippen molar-refractivity contribution in [2.75, 3.05) is 12.5 Å². The fraction of sp³-hybridized carbons (Fsp3) is 0.857. The number of rotatable bonds is 5. The summed E-state index contributed by atoms with van der Waals surface area (Å²) in [6.45, 7) is 1.90. The standard InChI is InChI=1S/C7H14ClNO2/c1-2-6(5-10)9-7(11)3-4-8/h6,10H,2-5H2,1H3,(H,9,11)/t6-/m1/s1. The highest BCUT2D eigenvalue weighted by atomic mass is 35.5. The van der Waals surface area contributed by atoms with Crippen LogP contribution in [-0.4, -0.2) is 29.5 Å². The van der Waals surface area contributed by atoms with Crippen molar-refractivity contribution in [2.45, 2.75) is 25.8 Å². The van der Waals surface area contributed by atoms with Gasteiger partial charge in [-0.05, 0) is 6.42 Å². The van der Waals surface area contributed by atoms with E-state index in [1.54, 1.807) is 0 Å². The zero-order valence-corrected chi connectivity index (χ0v) is 7.40. The van der Waals surface area contributed by atoms with Gasteiger partial charge in [0.15, 0.2) is 0 Å². The molecule has 0 saturated heterocycles. The Labute approximate surface area is 71.7 Å². The number of alkyl halides is 1. The molecule has 0 aromatic carbocycles. The molecule has 4 heteroatoms. The van der Waals surface area contributed by atoms with Crippen LogP contribution in [0, 0.1) is 0 Å². The van der Waals surface area contributed by atoms with Gasteiger partial charge in [-0.25, -0.2) is 0 Å². The van der Waals surface area contributed by atoms with Crippen LogP contribution in [0.2, 0.25) is 0 Å². The van der Waals surface area contributed by atoms with Gasteiger partial charge in [-0.2, -0.15) is 0 Å². The quantitative estimate of drug-likeness (QED) is 0.604. The van der Waals surface area contributed by atoms with Gasteiger partial charge >= 0.3 is 0 Å². The van der Waals surface area contributed by atoms with Gasteiger partial charge in [0, 0.05) is 12.3 Å². The van der Waals surface area contributed by atoms with Crippen molar-refractivity contribution in [3.05, 3.63) is 0 Å². The minimum atomic E-state index is -0.120. The molecular formula is C7H14ClNO2. The highest BCUT2D eigenvalue weighted by Crippen LogP contribution is 1.91. The number of halogens is 1. The minimum absolute atomic E-state index is 0.00940. The van der Waals surface area contributed by atoms with Gasteiger partial charge in [0.05, 0.1) is 12.6 Å². The first-order valence-electron chi connectivity index (χ1n) is 3.70. The first-order valence-corrected chi connectivity index (χ1v) is 4.24. The van der Waals surface area contributed by atoms with Crippen molar-refractivity contribution < 1.29 is 9.90 Å². The van der Waals surface area contributed by atoms with E-state index in [2.05, 4.69) is 5.32 Å². The van der Waals surface area contributed by atoms with Crippen molar-refractivity contribution in [1.82, 2.24) is 5.32 Å². The van der Waals surface area contributed by atoms with Crippen LogP contribution in [0.15, 0.2) is 0 Å². The monoisotopic (exact) mass is 179 g/mol. The summed E-state index contributed by atoms with van der Waals surface area (Å²) in [5, 5.41) is 11.3. The van der Waals surface area contributed by atoms with Gasteiger partial charge in [-0.15, -0.1) is 11.6 Å². The van der Waals surface area contributed by atoms with Crippen LogP contribution in [-0.2, 0) is 4.79 Å². The van der Waals surface area contributed by atoms with E-state index in [9.17, 15) is 4.79 Å². The lowest BCUT2D eigenvalue weighted by atomic mass is 10.2. The highest BCUT2D eigenvalue weighted by Gasteiger charge is 2.07. The summed E-state index contributed by atoms with van der Waals surface area (Å²) in [7, 11) is 0. The number of aliphatic hydroxyl groups excluding tert-OH is 1. The maximum absolute atomic E-state index is 10.9. The fourth-order valence-electron chi connectivity index (χ4n) is 0.662. The average molecular weight is 180 g/mol. The second-order valence-electron chi connectivity index (χ2n) is 2.29. The molecule has 0 spiro atoms. The Kier molecular flexibility index (Phi) is 6.27. The third kappa shape index (κ3) is 5.04. The van der Waals surface area contributed by atoms with Crippen LogP contribution in [0.3, 0.4) is 0 Å². The fourth-order valence-corrected chi connectivity index (χ4v) is 0.834. The number of carbonyl (C=O) groups excluding carboxylic acids is 1. The molecule has 0 aliphatic rings. The lowest BCUT2D eigenvalue weighted by Crippen LogP contribution is -2.36. The third-order valence-corrected chi connectivity index (χ3v) is 1.59. The molecule has 0 rings (SSSR count). The van der Waals surface area contributed by atoms with Crippen molar-refractivity contribution >= 4 is 17.5 Å². The first-order chi connectivity index (χ1) is 5.24. The highest BCUT2D eigenvalue weighted by molar-refractivity contribution is 6.18. The lowest BCUT2D eigenvalue weighted by Gasteiger charge is -2.12. The average Bonchev–Trinajstić information content (AvgIpc) is 2.01. The van der Waals surface area contributed by atoms with E-state index in [1.165, 1.54) is 0 Å². The Morgan fingerprint density at radius 2 is 2.36 bits per heavy atom. The molecule has 1 atom stereocenters. The molecule has 0 aliphatic heterocycles. The molecule has 0 unspecified atom stereocenters. The third-order valence-electron chi connectivity index (χ3n) is 1.40. The molecule has 0 saturated carbocycles. The van der Waals surface area contributed by atoms with Gasteiger partial charge in [0.1, 0.15) is 0 Å². The largest absolute Gasteiger partial charge is 0.394 e. The molecule has 11 heavy (non-hydrogen) atoms. The van der Waals surface area contributed by atoms with Crippen LogP contribution < -0.4 is 5.32 Å². The zero-order chi connectivity index (χ0) is 8.69. The van der Waals surface area contributed by atoms with Gasteiger partial charge in [0.25, 0.3) is 0 Å². The van der Waals surface area contributed by atoms with Crippen LogP contribution in [0.4, 0.5) is 0 Å². The number of aliphatic hydroxyl groups is 1. The summed E-state index contributed by atoms with van der Waals surface area (Å²) < 4.78 is 0. The van der Waals surface area contributed by atoms with Gasteiger partial charge in [-0.1, -0.05) is 6.92 Å². The van der Waals surface area contributed by atoms with Crippen molar-refractivity contribution in [3.63, 3.8) is 0 Å². The molecule has 0 aliphatic carbocycles. The molecular weight excluding hydrogens is 166 g/mol. The number of carbonyl (C=O) groups is 1. The minimum Gasteiger partial charge on any atom is -0.394 e. The Balaban J connectivity index is 3.54. The zero-order valence-electron chi connectivity index (χ0n) is 6.64. The van der Waals surface area contributed by atoms with E-state index >= 15 is 0 Å². The van der Waals surface area contributed by atoms with Crippen LogP contribution in [0.25, 0.3) is 0 Å². The molecule has 0 radical (unpaired) electrons. The maximum Gasteiger partial charge on any atom is 0.221 e. The van der Waals surface area contributed by atoms with E-state index in [0.29, 0.717) is 12.3 Å². The molecule has 1 amide bonds. The predicted octanol–water partition coefficient (Wildman–Crippen LogP) is 0.502. The maximum atomic E-state index is 10.9. The molecule has 0 bridgehead atoms. The summed E-state index contributed by atoms with van der Waals surface area (Å²) in [5.41, 5.74) is 0. The van der Waals surface area contributed by atoms with Crippen LogP contribution in [0.5, 0.6) is 0 Å². The Bertz CT molecular complexity index is 115. The van der Waals surface area contributed by atoms with Crippen LogP contribution in [0.1, 0.15) is 19.8 Å². The van der Waals surface area contributed by atoms with E-state index in [-0.39, 0.29) is 18.6 Å². The summed E-state index contributed by atoms with van der Waals surface area (Å²) >= 11 is 5.34. The first kappa shape index (κ1) is 10.7. The number of nitrogens with one attached hydrogen (secondary N) is 1. The van der Waals surface area contributed by atoms with Gasteiger partial charge in [0.2, 0.25) is 5.91 Å². The number of hydrogen-bond acceptors (Lipinski definition) is 2. The van der Waals surface area contributed by atoms with E-state index in [4.69, 9.17) is 16.7 Å². The van der Waals surface area contributed by atoms with E-state index in [1.807, 2.05) is 6.92 Å². The molecule has 3 nitrogen and oxygen atoms in total. The van der Waals surface area contributed by atoms with E-state index in [0.717, 1.165) is 6.42 Å². The summed E-state index contributed by atoms with van der Waals surface area (Å²) in [6, 6.07) is -0.120. The molecule has 0 heterocycles. The van der Waals surface area contributed by atoms with Gasteiger partial charge < -0.3 is 10.4 Å².